The second kappa shape index (κ2) is 5.23. The monoisotopic (exact) mass is 252 g/mol. The van der Waals surface area contributed by atoms with Crippen molar-refractivity contribution in [1.82, 2.24) is 0 Å². The third kappa shape index (κ3) is 3.86. The molecule has 0 aliphatic heterocycles. The summed E-state index contributed by atoms with van der Waals surface area (Å²) in [6.07, 6.45) is 0. The van der Waals surface area contributed by atoms with Gasteiger partial charge in [-0.05, 0) is 35.8 Å². The van der Waals surface area contributed by atoms with Crippen molar-refractivity contribution in [2.45, 2.75) is 45.5 Å². The molecule has 0 fully saturated rings. The van der Waals surface area contributed by atoms with Gasteiger partial charge in [-0.25, -0.2) is 0 Å². The van der Waals surface area contributed by atoms with Gasteiger partial charge in [0, 0.05) is 7.11 Å². The van der Waals surface area contributed by atoms with Crippen molar-refractivity contribution in [3.8, 4) is 5.75 Å². The van der Waals surface area contributed by atoms with Crippen LogP contribution >= 0.6 is 0 Å². The SMILES string of the molecule is COCc1ccc(O[Si](C)(C)C(C)(C)C)cc1. The first-order valence-electron chi connectivity index (χ1n) is 6.03. The molecular weight excluding hydrogens is 228 g/mol. The van der Waals surface area contributed by atoms with Gasteiger partial charge in [0.15, 0.2) is 0 Å². The maximum Gasteiger partial charge on any atom is 0.250 e. The van der Waals surface area contributed by atoms with Crippen LogP contribution in [0.3, 0.4) is 0 Å². The highest BCUT2D eigenvalue weighted by Crippen LogP contribution is 2.37. The molecule has 0 aromatic heterocycles. The van der Waals surface area contributed by atoms with E-state index in [1.807, 2.05) is 12.1 Å². The second-order valence-electron chi connectivity index (χ2n) is 5.94. The molecule has 3 heteroatoms. The topological polar surface area (TPSA) is 18.5 Å². The summed E-state index contributed by atoms with van der Waals surface area (Å²) in [5, 5.41) is 0.234. The minimum Gasteiger partial charge on any atom is -0.544 e. The third-order valence-electron chi connectivity index (χ3n) is 3.41. The molecule has 0 aliphatic rings. The Bertz CT molecular complexity index is 349. The Labute approximate surface area is 106 Å². The Balaban J connectivity index is 2.76. The first-order chi connectivity index (χ1) is 7.76. The molecule has 0 aliphatic carbocycles. The Hall–Kier alpha value is -0.803. The van der Waals surface area contributed by atoms with Crippen LogP contribution in [-0.2, 0) is 11.3 Å². The maximum absolute atomic E-state index is 6.20. The minimum atomic E-state index is -1.71. The summed E-state index contributed by atoms with van der Waals surface area (Å²) in [5.41, 5.74) is 1.18. The number of hydrogen-bond acceptors (Lipinski definition) is 2. The van der Waals surface area contributed by atoms with E-state index in [2.05, 4.69) is 46.0 Å². The summed E-state index contributed by atoms with van der Waals surface area (Å²) in [6, 6.07) is 8.20. The molecule has 0 saturated carbocycles. The van der Waals surface area contributed by atoms with Gasteiger partial charge in [0.05, 0.1) is 6.61 Å². The lowest BCUT2D eigenvalue weighted by molar-refractivity contribution is 0.185. The normalized spacial score (nSPS) is 12.6. The molecule has 0 heterocycles. The first-order valence-corrected chi connectivity index (χ1v) is 8.94. The lowest BCUT2D eigenvalue weighted by atomic mass is 10.2. The lowest BCUT2D eigenvalue weighted by Crippen LogP contribution is -2.43. The largest absolute Gasteiger partial charge is 0.544 e. The second-order valence-corrected chi connectivity index (χ2v) is 10.7. The maximum atomic E-state index is 6.20. The molecule has 1 aromatic carbocycles. The standard InChI is InChI=1S/C14H24O2Si/c1-14(2,3)17(5,6)16-13-9-7-12(8-10-13)11-15-4/h7-10H,11H2,1-6H3. The molecule has 2 nitrogen and oxygen atoms in total. The van der Waals surface area contributed by atoms with E-state index in [-0.39, 0.29) is 5.04 Å². The molecule has 0 unspecified atom stereocenters. The minimum absolute atomic E-state index is 0.234. The van der Waals surface area contributed by atoms with Crippen molar-refractivity contribution in [3.63, 3.8) is 0 Å². The molecule has 0 radical (unpaired) electrons. The van der Waals surface area contributed by atoms with Gasteiger partial charge in [0.1, 0.15) is 5.75 Å². The number of rotatable bonds is 4. The average molecular weight is 252 g/mol. The summed E-state index contributed by atoms with van der Waals surface area (Å²) in [5.74, 6) is 0.969. The van der Waals surface area contributed by atoms with Gasteiger partial charge in [-0.2, -0.15) is 0 Å². The fourth-order valence-electron chi connectivity index (χ4n) is 1.27. The van der Waals surface area contributed by atoms with Crippen LogP contribution in [0.2, 0.25) is 18.1 Å². The van der Waals surface area contributed by atoms with Crippen molar-refractivity contribution in [2.75, 3.05) is 7.11 Å². The number of hydrogen-bond donors (Lipinski definition) is 0. The van der Waals surface area contributed by atoms with Crippen LogP contribution in [0, 0.1) is 0 Å². The van der Waals surface area contributed by atoms with Gasteiger partial charge in [-0.1, -0.05) is 32.9 Å². The zero-order chi connectivity index (χ0) is 13.1. The van der Waals surface area contributed by atoms with Crippen LogP contribution in [0.4, 0.5) is 0 Å². The highest BCUT2D eigenvalue weighted by atomic mass is 28.4. The molecule has 0 bridgehead atoms. The van der Waals surface area contributed by atoms with E-state index in [9.17, 15) is 0 Å². The summed E-state index contributed by atoms with van der Waals surface area (Å²) in [7, 11) is -0.00449. The molecule has 1 aromatic rings. The third-order valence-corrected chi connectivity index (χ3v) is 7.77. The van der Waals surface area contributed by atoms with Crippen LogP contribution in [0.15, 0.2) is 24.3 Å². The summed E-state index contributed by atoms with van der Waals surface area (Å²) < 4.78 is 11.3. The molecule has 96 valence electrons. The van der Waals surface area contributed by atoms with Gasteiger partial charge in [-0.3, -0.25) is 0 Å². The average Bonchev–Trinajstić information content (AvgIpc) is 2.19. The number of methoxy groups -OCH3 is 1. The van der Waals surface area contributed by atoms with E-state index in [1.54, 1.807) is 7.11 Å². The van der Waals surface area contributed by atoms with Crippen LogP contribution in [0.1, 0.15) is 26.3 Å². The summed E-state index contributed by atoms with van der Waals surface area (Å²) >= 11 is 0. The molecule has 0 N–H and O–H groups in total. The van der Waals surface area contributed by atoms with Crippen molar-refractivity contribution in [3.05, 3.63) is 29.8 Å². The Morgan fingerprint density at radius 2 is 1.59 bits per heavy atom. The molecule has 0 atom stereocenters. The van der Waals surface area contributed by atoms with Gasteiger partial charge < -0.3 is 9.16 Å². The number of benzene rings is 1. The zero-order valence-corrected chi connectivity index (χ0v) is 12.8. The van der Waals surface area contributed by atoms with Crippen molar-refractivity contribution < 1.29 is 9.16 Å². The van der Waals surface area contributed by atoms with Gasteiger partial charge in [0.2, 0.25) is 8.32 Å². The highest BCUT2D eigenvalue weighted by molar-refractivity contribution is 6.74. The van der Waals surface area contributed by atoms with E-state index in [1.165, 1.54) is 5.56 Å². The quantitative estimate of drug-likeness (QED) is 0.747. The van der Waals surface area contributed by atoms with E-state index in [0.717, 1.165) is 5.75 Å². The van der Waals surface area contributed by atoms with Gasteiger partial charge in [0.25, 0.3) is 0 Å². The summed E-state index contributed by atoms with van der Waals surface area (Å²) in [4.78, 5) is 0. The van der Waals surface area contributed by atoms with Crippen molar-refractivity contribution in [1.29, 1.82) is 0 Å². The van der Waals surface area contributed by atoms with Crippen LogP contribution in [-0.4, -0.2) is 15.4 Å². The molecule has 17 heavy (non-hydrogen) atoms. The first kappa shape index (κ1) is 14.3. The van der Waals surface area contributed by atoms with Crippen molar-refractivity contribution >= 4 is 8.32 Å². The van der Waals surface area contributed by atoms with Crippen LogP contribution in [0.5, 0.6) is 5.75 Å². The van der Waals surface area contributed by atoms with Crippen LogP contribution < -0.4 is 4.43 Å². The van der Waals surface area contributed by atoms with E-state index < -0.39 is 8.32 Å². The van der Waals surface area contributed by atoms with Crippen molar-refractivity contribution in [2.24, 2.45) is 0 Å². The number of ether oxygens (including phenoxy) is 1. The molecular formula is C14H24O2Si. The lowest BCUT2D eigenvalue weighted by Gasteiger charge is -2.36. The predicted molar refractivity (Wildman–Crippen MR) is 75.0 cm³/mol. The van der Waals surface area contributed by atoms with Crippen LogP contribution in [0.25, 0.3) is 0 Å². The van der Waals surface area contributed by atoms with Gasteiger partial charge >= 0.3 is 0 Å². The predicted octanol–water partition coefficient (Wildman–Crippen LogP) is 4.22. The van der Waals surface area contributed by atoms with E-state index >= 15 is 0 Å². The Morgan fingerprint density at radius 3 is 2.00 bits per heavy atom. The molecule has 0 spiro atoms. The molecule has 0 saturated heterocycles. The van der Waals surface area contributed by atoms with E-state index in [0.29, 0.717) is 6.61 Å². The molecule has 1 rings (SSSR count). The summed E-state index contributed by atoms with van der Waals surface area (Å²) in [6.45, 7) is 11.9. The Morgan fingerprint density at radius 1 is 1.06 bits per heavy atom. The van der Waals surface area contributed by atoms with E-state index in [4.69, 9.17) is 9.16 Å². The molecule has 0 amide bonds. The zero-order valence-electron chi connectivity index (χ0n) is 11.8. The smallest absolute Gasteiger partial charge is 0.250 e. The highest BCUT2D eigenvalue weighted by Gasteiger charge is 2.38. The fourth-order valence-corrected chi connectivity index (χ4v) is 2.30. The van der Waals surface area contributed by atoms with Gasteiger partial charge in [-0.15, -0.1) is 0 Å². The Kier molecular flexibility index (Phi) is 4.39. The fraction of sp³-hybridized carbons (Fsp3) is 0.571.